The van der Waals surface area contributed by atoms with Gasteiger partial charge in [0.25, 0.3) is 0 Å². The number of hydrogen-bond donors (Lipinski definition) is 3. The highest BCUT2D eigenvalue weighted by Crippen LogP contribution is 2.24. The van der Waals surface area contributed by atoms with E-state index in [2.05, 4.69) is 10.6 Å². The fourth-order valence-corrected chi connectivity index (χ4v) is 2.84. The molecule has 2 aliphatic heterocycles. The van der Waals surface area contributed by atoms with Crippen LogP contribution in [0.1, 0.15) is 39.5 Å². The quantitative estimate of drug-likeness (QED) is 0.716. The molecule has 2 fully saturated rings. The molecule has 3 unspecified atom stereocenters. The van der Waals surface area contributed by atoms with Crippen molar-refractivity contribution in [2.24, 2.45) is 0 Å². The lowest BCUT2D eigenvalue weighted by Crippen LogP contribution is -2.49. The molecule has 2 rings (SSSR count). The van der Waals surface area contributed by atoms with E-state index in [9.17, 15) is 9.59 Å². The number of carboxylic acids is 1. The first-order chi connectivity index (χ1) is 9.85. The molecule has 2 heterocycles. The molecule has 3 atom stereocenters. The molecular weight excluding hydrogens is 276 g/mol. The molecule has 0 spiro atoms. The van der Waals surface area contributed by atoms with Crippen molar-refractivity contribution in [3.8, 4) is 0 Å². The Hall–Kier alpha value is -1.34. The van der Waals surface area contributed by atoms with E-state index in [-0.39, 0.29) is 23.8 Å². The van der Waals surface area contributed by atoms with E-state index in [1.54, 1.807) is 0 Å². The highest BCUT2D eigenvalue weighted by atomic mass is 16.5. The molecule has 0 saturated carbocycles. The van der Waals surface area contributed by atoms with E-state index in [4.69, 9.17) is 14.6 Å². The molecule has 21 heavy (non-hydrogen) atoms. The molecule has 0 radical (unpaired) electrons. The summed E-state index contributed by atoms with van der Waals surface area (Å²) in [5.74, 6) is -0.939. The minimum Gasteiger partial charge on any atom is -0.479 e. The van der Waals surface area contributed by atoms with Crippen molar-refractivity contribution >= 4 is 12.0 Å². The molecule has 0 aliphatic carbocycles. The average molecular weight is 300 g/mol. The highest BCUT2D eigenvalue weighted by Gasteiger charge is 2.32. The van der Waals surface area contributed by atoms with E-state index in [1.807, 2.05) is 13.8 Å². The number of hydrogen-bond acceptors (Lipinski definition) is 4. The molecule has 0 aromatic rings. The molecule has 7 heteroatoms. The Balaban J connectivity index is 1.67. The van der Waals surface area contributed by atoms with Gasteiger partial charge in [-0.3, -0.25) is 0 Å². The minimum atomic E-state index is -0.939. The predicted molar refractivity (Wildman–Crippen MR) is 75.1 cm³/mol. The van der Waals surface area contributed by atoms with Crippen LogP contribution in [-0.4, -0.2) is 54.1 Å². The number of ether oxygens (including phenoxy) is 2. The van der Waals surface area contributed by atoms with Crippen LogP contribution in [0.15, 0.2) is 0 Å². The van der Waals surface area contributed by atoms with E-state index < -0.39 is 12.1 Å². The first kappa shape index (κ1) is 16.0. The van der Waals surface area contributed by atoms with Crippen LogP contribution >= 0.6 is 0 Å². The number of carboxylic acid groups (broad SMARTS) is 1. The van der Waals surface area contributed by atoms with Gasteiger partial charge >= 0.3 is 12.0 Å². The second-order valence-electron chi connectivity index (χ2n) is 6.31. The van der Waals surface area contributed by atoms with Gasteiger partial charge in [-0.1, -0.05) is 0 Å². The minimum absolute atomic E-state index is 0.102. The highest BCUT2D eigenvalue weighted by molar-refractivity contribution is 5.74. The van der Waals surface area contributed by atoms with E-state index in [0.717, 1.165) is 12.8 Å². The van der Waals surface area contributed by atoms with Crippen molar-refractivity contribution in [3.63, 3.8) is 0 Å². The van der Waals surface area contributed by atoms with Gasteiger partial charge in [0.15, 0.2) is 6.10 Å². The first-order valence-electron chi connectivity index (χ1n) is 7.42. The Labute approximate surface area is 124 Å². The molecule has 2 saturated heterocycles. The zero-order valence-electron chi connectivity index (χ0n) is 12.6. The molecule has 0 aromatic carbocycles. The Kier molecular flexibility index (Phi) is 5.05. The molecule has 2 aliphatic rings. The standard InChI is InChI=1S/C14H24N2O5/c1-14(2)7-9(5-6-20-14)16-13(19)15-8-10-3-4-11(21-10)12(17)18/h9-11H,3-8H2,1-2H3,(H,17,18)(H2,15,16,19). The lowest BCUT2D eigenvalue weighted by atomic mass is 9.94. The van der Waals surface area contributed by atoms with Crippen LogP contribution in [0, 0.1) is 0 Å². The Bertz CT molecular complexity index is 399. The zero-order chi connectivity index (χ0) is 15.5. The van der Waals surface area contributed by atoms with Crippen LogP contribution in [-0.2, 0) is 14.3 Å². The number of carbonyl (C=O) groups is 2. The molecule has 120 valence electrons. The van der Waals surface area contributed by atoms with Crippen molar-refractivity contribution in [1.29, 1.82) is 0 Å². The lowest BCUT2D eigenvalue weighted by Gasteiger charge is -2.35. The van der Waals surface area contributed by atoms with Crippen molar-refractivity contribution in [2.75, 3.05) is 13.2 Å². The summed E-state index contributed by atoms with van der Waals surface area (Å²) in [7, 11) is 0. The third-order valence-electron chi connectivity index (χ3n) is 3.91. The fraction of sp³-hybridized carbons (Fsp3) is 0.857. The summed E-state index contributed by atoms with van der Waals surface area (Å²) >= 11 is 0. The largest absolute Gasteiger partial charge is 0.479 e. The maximum Gasteiger partial charge on any atom is 0.332 e. The normalized spacial score (nSPS) is 31.6. The number of aliphatic carboxylic acids is 1. The van der Waals surface area contributed by atoms with Gasteiger partial charge in [0.05, 0.1) is 11.7 Å². The summed E-state index contributed by atoms with van der Waals surface area (Å²) in [6, 6.07) is -0.134. The van der Waals surface area contributed by atoms with E-state index >= 15 is 0 Å². The van der Waals surface area contributed by atoms with Crippen LogP contribution in [0.2, 0.25) is 0 Å². The summed E-state index contributed by atoms with van der Waals surface area (Å²) in [4.78, 5) is 22.6. The monoisotopic (exact) mass is 300 g/mol. The van der Waals surface area contributed by atoms with Gasteiger partial charge in [-0.15, -0.1) is 0 Å². The van der Waals surface area contributed by atoms with E-state index in [1.165, 1.54) is 0 Å². The second-order valence-corrected chi connectivity index (χ2v) is 6.31. The maximum absolute atomic E-state index is 11.9. The third kappa shape index (κ3) is 4.86. The number of amides is 2. The van der Waals surface area contributed by atoms with Gasteiger partial charge in [-0.2, -0.15) is 0 Å². The number of nitrogens with one attached hydrogen (secondary N) is 2. The van der Waals surface area contributed by atoms with Crippen LogP contribution in [0.4, 0.5) is 4.79 Å². The first-order valence-corrected chi connectivity index (χ1v) is 7.42. The van der Waals surface area contributed by atoms with Crippen molar-refractivity contribution < 1.29 is 24.2 Å². The van der Waals surface area contributed by atoms with E-state index in [0.29, 0.717) is 26.0 Å². The second kappa shape index (κ2) is 6.62. The van der Waals surface area contributed by atoms with Crippen molar-refractivity contribution in [2.45, 2.75) is 63.4 Å². The number of carbonyl (C=O) groups excluding carboxylic acids is 1. The summed E-state index contributed by atoms with van der Waals surface area (Å²) in [5.41, 5.74) is -0.209. The molecule has 0 bridgehead atoms. The zero-order valence-corrected chi connectivity index (χ0v) is 12.6. The lowest BCUT2D eigenvalue weighted by molar-refractivity contribution is -0.149. The maximum atomic E-state index is 11.9. The summed E-state index contributed by atoms with van der Waals surface area (Å²) < 4.78 is 10.9. The average Bonchev–Trinajstić information content (AvgIpc) is 2.84. The topological polar surface area (TPSA) is 96.9 Å². The van der Waals surface area contributed by atoms with Crippen LogP contribution in [0.5, 0.6) is 0 Å². The Morgan fingerprint density at radius 2 is 2.05 bits per heavy atom. The summed E-state index contributed by atoms with van der Waals surface area (Å²) in [6.07, 6.45) is 1.78. The summed E-state index contributed by atoms with van der Waals surface area (Å²) in [5, 5.41) is 14.5. The number of rotatable bonds is 4. The smallest absolute Gasteiger partial charge is 0.332 e. The molecular formula is C14H24N2O5. The van der Waals surface area contributed by atoms with Gasteiger partial charge in [-0.25, -0.2) is 9.59 Å². The third-order valence-corrected chi connectivity index (χ3v) is 3.91. The molecule has 3 N–H and O–H groups in total. The Morgan fingerprint density at radius 3 is 2.67 bits per heavy atom. The molecule has 7 nitrogen and oxygen atoms in total. The van der Waals surface area contributed by atoms with Gasteiger partial charge in [-0.05, 0) is 39.5 Å². The van der Waals surface area contributed by atoms with Crippen LogP contribution in [0.25, 0.3) is 0 Å². The van der Waals surface area contributed by atoms with Crippen LogP contribution in [0.3, 0.4) is 0 Å². The Morgan fingerprint density at radius 1 is 1.29 bits per heavy atom. The summed E-state index contributed by atoms with van der Waals surface area (Å²) in [6.45, 7) is 5.00. The number of urea groups is 1. The molecule has 2 amide bonds. The fourth-order valence-electron chi connectivity index (χ4n) is 2.84. The van der Waals surface area contributed by atoms with Crippen molar-refractivity contribution in [1.82, 2.24) is 10.6 Å². The predicted octanol–water partition coefficient (Wildman–Crippen LogP) is 0.875. The molecule has 0 aromatic heterocycles. The van der Waals surface area contributed by atoms with Gasteiger partial charge < -0.3 is 25.2 Å². The van der Waals surface area contributed by atoms with Crippen molar-refractivity contribution in [3.05, 3.63) is 0 Å². The SMILES string of the molecule is CC1(C)CC(NC(=O)NCC2CCC(C(=O)O)O2)CCO1. The van der Waals surface area contributed by atoms with Crippen LogP contribution < -0.4 is 10.6 Å². The van der Waals surface area contributed by atoms with Gasteiger partial charge in [0, 0.05) is 19.2 Å². The van der Waals surface area contributed by atoms with Gasteiger partial charge in [0.2, 0.25) is 0 Å². The van der Waals surface area contributed by atoms with Gasteiger partial charge in [0.1, 0.15) is 0 Å².